The van der Waals surface area contributed by atoms with Crippen LogP contribution in [-0.4, -0.2) is 16.9 Å². The van der Waals surface area contributed by atoms with Crippen molar-refractivity contribution < 1.29 is 14.6 Å². The van der Waals surface area contributed by atoms with E-state index in [4.69, 9.17) is 21.7 Å². The summed E-state index contributed by atoms with van der Waals surface area (Å²) in [5.74, 6) is 0.842. The molecule has 0 unspecified atom stereocenters. The molecule has 0 heterocycles. The fourth-order valence-electron chi connectivity index (χ4n) is 2.59. The first-order valence-corrected chi connectivity index (χ1v) is 8.73. The van der Waals surface area contributed by atoms with E-state index in [0.717, 1.165) is 28.1 Å². The molecule has 0 aliphatic heterocycles. The van der Waals surface area contributed by atoms with Crippen molar-refractivity contribution in [1.82, 2.24) is 0 Å². The Balaban J connectivity index is 2.25. The van der Waals surface area contributed by atoms with E-state index in [9.17, 15) is 5.11 Å². The van der Waals surface area contributed by atoms with Gasteiger partial charge in [0.1, 0.15) is 12.4 Å². The van der Waals surface area contributed by atoms with Crippen LogP contribution in [0.2, 0.25) is 0 Å². The Labute approximate surface area is 154 Å². The van der Waals surface area contributed by atoms with Gasteiger partial charge in [0, 0.05) is 11.3 Å². The van der Waals surface area contributed by atoms with Crippen LogP contribution in [0.3, 0.4) is 0 Å². The molecule has 25 heavy (non-hydrogen) atoms. The lowest BCUT2D eigenvalue weighted by Crippen LogP contribution is -2.16. The summed E-state index contributed by atoms with van der Waals surface area (Å²) in [5, 5.41) is 13.0. The fraction of sp³-hybridized carbons (Fsp3) is 0.350. The second kappa shape index (κ2) is 8.83. The van der Waals surface area contributed by atoms with Crippen molar-refractivity contribution in [3.8, 4) is 5.75 Å². The van der Waals surface area contributed by atoms with Crippen LogP contribution in [-0.2, 0) is 18.0 Å². The number of aliphatic hydroxyl groups excluding tert-OH is 1. The number of nitrogens with one attached hydrogen (secondary N) is 1. The van der Waals surface area contributed by atoms with Gasteiger partial charge >= 0.3 is 0 Å². The topological polar surface area (TPSA) is 50.7 Å². The highest BCUT2D eigenvalue weighted by Crippen LogP contribution is 2.26. The highest BCUT2D eigenvalue weighted by molar-refractivity contribution is 7.80. The molecule has 2 N–H and O–H groups in total. The summed E-state index contributed by atoms with van der Waals surface area (Å²) in [5.41, 5.74) is 5.96. The zero-order valence-corrected chi connectivity index (χ0v) is 16.0. The van der Waals surface area contributed by atoms with Gasteiger partial charge in [0.15, 0.2) is 0 Å². The van der Waals surface area contributed by atoms with Crippen LogP contribution in [0.5, 0.6) is 5.75 Å². The molecule has 4 nitrogen and oxygen atoms in total. The molecule has 5 heteroatoms. The van der Waals surface area contributed by atoms with Crippen molar-refractivity contribution in [3.05, 3.63) is 58.1 Å². The molecule has 0 aliphatic rings. The van der Waals surface area contributed by atoms with Gasteiger partial charge < -0.3 is 19.9 Å². The van der Waals surface area contributed by atoms with Gasteiger partial charge in [-0.2, -0.15) is 0 Å². The number of hydrogen-bond donors (Lipinski definition) is 2. The summed E-state index contributed by atoms with van der Waals surface area (Å²) in [4.78, 5) is 0. The summed E-state index contributed by atoms with van der Waals surface area (Å²) >= 11 is 5.17. The largest absolute Gasteiger partial charge is 0.489 e. The molecule has 0 aliphatic carbocycles. The molecule has 2 rings (SSSR count). The second-order valence-electron chi connectivity index (χ2n) is 5.94. The molecule has 0 bridgehead atoms. The SMILES string of the molecule is CCOC(=S)Nc1cccc(CO)c1COc1cc(C)c(C)cc1C. The minimum absolute atomic E-state index is 0.0679. The minimum Gasteiger partial charge on any atom is -0.489 e. The third-order valence-corrected chi connectivity index (χ3v) is 4.34. The van der Waals surface area contributed by atoms with Crippen LogP contribution in [0.25, 0.3) is 0 Å². The lowest BCUT2D eigenvalue weighted by Gasteiger charge is -2.18. The van der Waals surface area contributed by atoms with Gasteiger partial charge in [-0.1, -0.05) is 18.2 Å². The van der Waals surface area contributed by atoms with E-state index in [2.05, 4.69) is 25.2 Å². The number of aryl methyl sites for hydroxylation is 3. The first-order valence-electron chi connectivity index (χ1n) is 8.32. The molecular weight excluding hydrogens is 334 g/mol. The van der Waals surface area contributed by atoms with Gasteiger partial charge in [-0.05, 0) is 74.3 Å². The van der Waals surface area contributed by atoms with E-state index in [0.29, 0.717) is 18.4 Å². The Bertz CT molecular complexity index is 759. The number of aliphatic hydroxyl groups is 1. The first kappa shape index (κ1) is 19.2. The normalized spacial score (nSPS) is 10.4. The molecule has 2 aromatic carbocycles. The van der Waals surface area contributed by atoms with Gasteiger partial charge in [0.25, 0.3) is 5.17 Å². The third-order valence-electron chi connectivity index (χ3n) is 4.12. The molecular formula is C20H25NO3S. The van der Waals surface area contributed by atoms with Crippen LogP contribution in [0.4, 0.5) is 5.69 Å². The van der Waals surface area contributed by atoms with Gasteiger partial charge in [0.05, 0.1) is 13.2 Å². The van der Waals surface area contributed by atoms with E-state index >= 15 is 0 Å². The Kier molecular flexibility index (Phi) is 6.79. The van der Waals surface area contributed by atoms with Crippen molar-refractivity contribution in [3.63, 3.8) is 0 Å². The molecule has 0 amide bonds. The molecule has 2 aromatic rings. The fourth-order valence-corrected chi connectivity index (χ4v) is 2.81. The van der Waals surface area contributed by atoms with Crippen molar-refractivity contribution in [2.75, 3.05) is 11.9 Å². The maximum absolute atomic E-state index is 9.67. The summed E-state index contributed by atoms with van der Waals surface area (Å²) < 4.78 is 11.4. The number of thiocarbonyl (C=S) groups is 1. The Morgan fingerprint density at radius 1 is 1.12 bits per heavy atom. The summed E-state index contributed by atoms with van der Waals surface area (Å²) in [6, 6.07) is 9.81. The number of benzene rings is 2. The Hall–Kier alpha value is -2.11. The standard InChI is InChI=1S/C20H25NO3S/c1-5-23-20(25)21-18-8-6-7-16(11-22)17(18)12-24-19-10-14(3)13(2)9-15(19)4/h6-10,22H,5,11-12H2,1-4H3,(H,21,25). The summed E-state index contributed by atoms with van der Waals surface area (Å²) in [6.45, 7) is 8.83. The smallest absolute Gasteiger partial charge is 0.261 e. The van der Waals surface area contributed by atoms with Gasteiger partial charge in [-0.15, -0.1) is 0 Å². The van der Waals surface area contributed by atoms with E-state index in [1.165, 1.54) is 11.1 Å². The first-order chi connectivity index (χ1) is 12.0. The lowest BCUT2D eigenvalue weighted by molar-refractivity contribution is 0.269. The highest BCUT2D eigenvalue weighted by atomic mass is 32.1. The van der Waals surface area contributed by atoms with E-state index in [1.807, 2.05) is 38.1 Å². The molecule has 0 atom stereocenters. The van der Waals surface area contributed by atoms with Crippen LogP contribution >= 0.6 is 12.2 Å². The molecule has 0 saturated heterocycles. The molecule has 0 aromatic heterocycles. The Morgan fingerprint density at radius 3 is 2.52 bits per heavy atom. The molecule has 0 spiro atoms. The number of rotatable bonds is 6. The highest BCUT2D eigenvalue weighted by Gasteiger charge is 2.12. The van der Waals surface area contributed by atoms with Gasteiger partial charge in [0.2, 0.25) is 0 Å². The Morgan fingerprint density at radius 2 is 1.84 bits per heavy atom. The molecule has 0 saturated carbocycles. The third kappa shape index (κ3) is 4.94. The number of anilines is 1. The van der Waals surface area contributed by atoms with Gasteiger partial charge in [-0.25, -0.2) is 0 Å². The zero-order chi connectivity index (χ0) is 18.4. The number of ether oxygens (including phenoxy) is 2. The quantitative estimate of drug-likeness (QED) is 0.748. The minimum atomic E-state index is -0.0679. The van der Waals surface area contributed by atoms with Crippen molar-refractivity contribution in [2.45, 2.75) is 40.9 Å². The predicted molar refractivity (Wildman–Crippen MR) is 105 cm³/mol. The average molecular weight is 359 g/mol. The number of hydrogen-bond acceptors (Lipinski definition) is 4. The van der Waals surface area contributed by atoms with Crippen molar-refractivity contribution in [1.29, 1.82) is 0 Å². The van der Waals surface area contributed by atoms with Crippen LogP contribution in [0, 0.1) is 20.8 Å². The lowest BCUT2D eigenvalue weighted by atomic mass is 10.1. The van der Waals surface area contributed by atoms with Crippen molar-refractivity contribution >= 4 is 23.1 Å². The second-order valence-corrected chi connectivity index (χ2v) is 6.31. The maximum Gasteiger partial charge on any atom is 0.261 e. The van der Waals surface area contributed by atoms with Crippen LogP contribution < -0.4 is 10.1 Å². The molecule has 134 valence electrons. The maximum atomic E-state index is 9.67. The van der Waals surface area contributed by atoms with Gasteiger partial charge in [-0.3, -0.25) is 0 Å². The van der Waals surface area contributed by atoms with Crippen LogP contribution in [0.15, 0.2) is 30.3 Å². The zero-order valence-electron chi connectivity index (χ0n) is 15.2. The molecule has 0 radical (unpaired) electrons. The van der Waals surface area contributed by atoms with E-state index in [1.54, 1.807) is 0 Å². The van der Waals surface area contributed by atoms with E-state index in [-0.39, 0.29) is 6.61 Å². The monoisotopic (exact) mass is 359 g/mol. The predicted octanol–water partition coefficient (Wildman–Crippen LogP) is 4.42. The molecule has 0 fully saturated rings. The van der Waals surface area contributed by atoms with E-state index < -0.39 is 0 Å². The van der Waals surface area contributed by atoms with Crippen molar-refractivity contribution in [2.24, 2.45) is 0 Å². The van der Waals surface area contributed by atoms with Crippen LogP contribution in [0.1, 0.15) is 34.7 Å². The average Bonchev–Trinajstić information content (AvgIpc) is 2.57. The summed E-state index contributed by atoms with van der Waals surface area (Å²) in [6.07, 6.45) is 0. The summed E-state index contributed by atoms with van der Waals surface area (Å²) in [7, 11) is 0.